The molecule has 3 heteroatoms. The lowest BCUT2D eigenvalue weighted by atomic mass is 10.0. The van der Waals surface area contributed by atoms with Crippen LogP contribution in [-0.4, -0.2) is 30.4 Å². The average molecular weight is 272 g/mol. The molecule has 1 aliphatic heterocycles. The van der Waals surface area contributed by atoms with Gasteiger partial charge >= 0.3 is 0 Å². The van der Waals surface area contributed by atoms with Gasteiger partial charge in [-0.05, 0) is 55.7 Å². The van der Waals surface area contributed by atoms with Gasteiger partial charge in [-0.2, -0.15) is 0 Å². The molecular weight excluding hydrogens is 248 g/mol. The Morgan fingerprint density at radius 3 is 2.65 bits per heavy atom. The Morgan fingerprint density at radius 2 is 1.95 bits per heavy atom. The number of hydrogen-bond donors (Lipinski definition) is 1. The van der Waals surface area contributed by atoms with Gasteiger partial charge in [-0.1, -0.05) is 18.6 Å². The highest BCUT2D eigenvalue weighted by Crippen LogP contribution is 2.37. The zero-order chi connectivity index (χ0) is 14.1. The molecule has 1 heterocycles. The summed E-state index contributed by atoms with van der Waals surface area (Å²) in [5.74, 6) is 1.82. The van der Waals surface area contributed by atoms with Crippen molar-refractivity contribution in [1.82, 2.24) is 4.90 Å². The van der Waals surface area contributed by atoms with Crippen LogP contribution in [0.3, 0.4) is 0 Å². The fourth-order valence-electron chi connectivity index (χ4n) is 3.74. The first-order valence-electron chi connectivity index (χ1n) is 7.72. The summed E-state index contributed by atoms with van der Waals surface area (Å²) >= 11 is 0. The lowest BCUT2D eigenvalue weighted by molar-refractivity contribution is -0.117. The van der Waals surface area contributed by atoms with Crippen LogP contribution in [0.25, 0.3) is 0 Å². The molecule has 1 N–H and O–H groups in total. The van der Waals surface area contributed by atoms with Crippen LogP contribution in [0.5, 0.6) is 0 Å². The van der Waals surface area contributed by atoms with Gasteiger partial charge in [-0.25, -0.2) is 0 Å². The summed E-state index contributed by atoms with van der Waals surface area (Å²) < 4.78 is 0. The van der Waals surface area contributed by atoms with E-state index in [0.717, 1.165) is 30.6 Å². The van der Waals surface area contributed by atoms with Crippen LogP contribution in [0, 0.1) is 25.7 Å². The third kappa shape index (κ3) is 2.73. The lowest BCUT2D eigenvalue weighted by Crippen LogP contribution is -2.32. The Kier molecular flexibility index (Phi) is 3.79. The van der Waals surface area contributed by atoms with E-state index in [9.17, 15) is 4.79 Å². The molecule has 1 aromatic rings. The maximum atomic E-state index is 12.2. The molecule has 0 spiro atoms. The van der Waals surface area contributed by atoms with Gasteiger partial charge in [-0.3, -0.25) is 9.69 Å². The van der Waals surface area contributed by atoms with Crippen molar-refractivity contribution in [2.24, 2.45) is 11.8 Å². The van der Waals surface area contributed by atoms with Gasteiger partial charge in [0, 0.05) is 18.8 Å². The Morgan fingerprint density at radius 1 is 1.25 bits per heavy atom. The van der Waals surface area contributed by atoms with E-state index in [1.54, 1.807) is 0 Å². The molecule has 1 aliphatic carbocycles. The molecule has 0 bridgehead atoms. The molecule has 2 aliphatic rings. The van der Waals surface area contributed by atoms with Crippen molar-refractivity contribution >= 4 is 11.6 Å². The molecule has 2 atom stereocenters. The van der Waals surface area contributed by atoms with Gasteiger partial charge in [0.15, 0.2) is 0 Å². The number of fused-ring (bicyclic) bond motifs is 1. The zero-order valence-electron chi connectivity index (χ0n) is 12.5. The number of aryl methyl sites for hydroxylation is 1. The minimum absolute atomic E-state index is 0.124. The number of carbonyl (C=O) groups excluding carboxylic acids is 1. The van der Waals surface area contributed by atoms with Crippen LogP contribution in [0.2, 0.25) is 0 Å². The van der Waals surface area contributed by atoms with E-state index < -0.39 is 0 Å². The largest absolute Gasteiger partial charge is 0.325 e. The maximum absolute atomic E-state index is 12.2. The number of carbonyl (C=O) groups is 1. The molecule has 0 aromatic heterocycles. The van der Waals surface area contributed by atoms with Crippen LogP contribution in [0.4, 0.5) is 5.69 Å². The molecular formula is C17H24N2O. The number of nitrogens with one attached hydrogen (secondary N) is 1. The topological polar surface area (TPSA) is 32.3 Å². The van der Waals surface area contributed by atoms with Gasteiger partial charge in [0.25, 0.3) is 0 Å². The van der Waals surface area contributed by atoms with Gasteiger partial charge < -0.3 is 5.32 Å². The second-order valence-electron chi connectivity index (χ2n) is 6.44. The minimum Gasteiger partial charge on any atom is -0.325 e. The molecule has 108 valence electrons. The fourth-order valence-corrected chi connectivity index (χ4v) is 3.74. The van der Waals surface area contributed by atoms with Crippen LogP contribution < -0.4 is 5.32 Å². The lowest BCUT2D eigenvalue weighted by Gasteiger charge is -2.17. The number of nitrogens with zero attached hydrogens (tertiary/aromatic N) is 1. The maximum Gasteiger partial charge on any atom is 0.238 e. The smallest absolute Gasteiger partial charge is 0.238 e. The second-order valence-corrected chi connectivity index (χ2v) is 6.44. The van der Waals surface area contributed by atoms with E-state index in [0.29, 0.717) is 6.54 Å². The van der Waals surface area contributed by atoms with E-state index in [4.69, 9.17) is 0 Å². The predicted molar refractivity (Wildman–Crippen MR) is 81.8 cm³/mol. The van der Waals surface area contributed by atoms with Crippen molar-refractivity contribution < 1.29 is 4.79 Å². The summed E-state index contributed by atoms with van der Waals surface area (Å²) in [6.45, 7) is 6.91. The number of benzene rings is 1. The summed E-state index contributed by atoms with van der Waals surface area (Å²) in [4.78, 5) is 14.5. The number of amides is 1. The Hall–Kier alpha value is -1.35. The van der Waals surface area contributed by atoms with Crippen molar-refractivity contribution in [3.63, 3.8) is 0 Å². The molecule has 2 fully saturated rings. The van der Waals surface area contributed by atoms with Crippen molar-refractivity contribution in [2.45, 2.75) is 33.1 Å². The SMILES string of the molecule is Cc1cccc(NC(=O)CN2CC3CCCC3C2)c1C. The van der Waals surface area contributed by atoms with Crippen LogP contribution in [-0.2, 0) is 4.79 Å². The second kappa shape index (κ2) is 5.57. The Balaban J connectivity index is 1.56. The summed E-state index contributed by atoms with van der Waals surface area (Å²) in [6, 6.07) is 6.06. The number of hydrogen-bond acceptors (Lipinski definition) is 2. The van der Waals surface area contributed by atoms with Crippen molar-refractivity contribution in [3.05, 3.63) is 29.3 Å². The molecule has 2 unspecified atom stereocenters. The average Bonchev–Trinajstić information content (AvgIpc) is 2.95. The highest BCUT2D eigenvalue weighted by molar-refractivity contribution is 5.93. The molecule has 20 heavy (non-hydrogen) atoms. The summed E-state index contributed by atoms with van der Waals surface area (Å²) in [6.07, 6.45) is 4.11. The van der Waals surface area contributed by atoms with E-state index >= 15 is 0 Å². The summed E-state index contributed by atoms with van der Waals surface area (Å²) in [5, 5.41) is 3.06. The van der Waals surface area contributed by atoms with Gasteiger partial charge in [0.1, 0.15) is 0 Å². The van der Waals surface area contributed by atoms with Crippen LogP contribution in [0.15, 0.2) is 18.2 Å². The summed E-state index contributed by atoms with van der Waals surface area (Å²) in [7, 11) is 0. The minimum atomic E-state index is 0.124. The number of likely N-dealkylation sites (tertiary alicyclic amines) is 1. The van der Waals surface area contributed by atoms with Crippen LogP contribution >= 0.6 is 0 Å². The number of rotatable bonds is 3. The molecule has 0 radical (unpaired) electrons. The summed E-state index contributed by atoms with van der Waals surface area (Å²) in [5.41, 5.74) is 3.34. The third-order valence-corrected chi connectivity index (χ3v) is 5.05. The first-order valence-corrected chi connectivity index (χ1v) is 7.72. The van der Waals surface area contributed by atoms with Crippen molar-refractivity contribution in [2.75, 3.05) is 25.0 Å². The zero-order valence-corrected chi connectivity index (χ0v) is 12.5. The first kappa shape index (κ1) is 13.6. The Bertz CT molecular complexity index is 500. The highest BCUT2D eigenvalue weighted by atomic mass is 16.2. The van der Waals surface area contributed by atoms with Crippen molar-refractivity contribution in [1.29, 1.82) is 0 Å². The quantitative estimate of drug-likeness (QED) is 0.917. The molecule has 3 nitrogen and oxygen atoms in total. The molecule has 1 amide bonds. The standard InChI is InChI=1S/C17H24N2O/c1-12-5-3-8-16(13(12)2)18-17(20)11-19-9-14-6-4-7-15(14)10-19/h3,5,8,14-15H,4,6-7,9-11H2,1-2H3,(H,18,20). The van der Waals surface area contributed by atoms with E-state index in [1.807, 2.05) is 12.1 Å². The van der Waals surface area contributed by atoms with E-state index in [1.165, 1.54) is 30.4 Å². The Labute approximate surface area is 121 Å². The molecule has 1 saturated carbocycles. The molecule has 1 saturated heterocycles. The monoisotopic (exact) mass is 272 g/mol. The van der Waals surface area contributed by atoms with E-state index in [2.05, 4.69) is 30.1 Å². The fraction of sp³-hybridized carbons (Fsp3) is 0.588. The third-order valence-electron chi connectivity index (χ3n) is 5.05. The van der Waals surface area contributed by atoms with Gasteiger partial charge in [0.2, 0.25) is 5.91 Å². The highest BCUT2D eigenvalue weighted by Gasteiger charge is 2.36. The van der Waals surface area contributed by atoms with Crippen molar-refractivity contribution in [3.8, 4) is 0 Å². The molecule has 1 aromatic carbocycles. The van der Waals surface area contributed by atoms with Gasteiger partial charge in [-0.15, -0.1) is 0 Å². The van der Waals surface area contributed by atoms with Crippen LogP contribution in [0.1, 0.15) is 30.4 Å². The first-order chi connectivity index (χ1) is 9.63. The van der Waals surface area contributed by atoms with Gasteiger partial charge in [0.05, 0.1) is 6.54 Å². The predicted octanol–water partition coefficient (Wildman–Crippen LogP) is 2.97. The normalized spacial score (nSPS) is 25.7. The number of anilines is 1. The van der Waals surface area contributed by atoms with E-state index in [-0.39, 0.29) is 5.91 Å². The molecule has 3 rings (SSSR count).